The zero-order valence-electron chi connectivity index (χ0n) is 10.0. The lowest BCUT2D eigenvalue weighted by molar-refractivity contribution is -0.139. The van der Waals surface area contributed by atoms with Gasteiger partial charge in [0.05, 0.1) is 0 Å². The number of carboxylic acids is 1. The standard InChI is InChI=1S/C10H18N4O4/c11-8(15)2-1-7(9(16)17)13-10(18)14-5-3-12-4-6-14/h7,12H,1-6H2,(H2,11,15)(H,13,18)(H,16,17). The SMILES string of the molecule is NC(=O)CCC(NC(=O)N1CCNCC1)C(=O)O. The largest absolute Gasteiger partial charge is 0.480 e. The van der Waals surface area contributed by atoms with Gasteiger partial charge < -0.3 is 26.4 Å². The van der Waals surface area contributed by atoms with E-state index >= 15 is 0 Å². The number of carboxylic acid groups (broad SMARTS) is 1. The number of rotatable bonds is 5. The minimum absolute atomic E-state index is 0.00248. The minimum Gasteiger partial charge on any atom is -0.480 e. The van der Waals surface area contributed by atoms with Crippen LogP contribution in [0.5, 0.6) is 0 Å². The molecule has 5 N–H and O–H groups in total. The van der Waals surface area contributed by atoms with Crippen LogP contribution in [0.3, 0.4) is 0 Å². The molecule has 0 aromatic carbocycles. The van der Waals surface area contributed by atoms with Gasteiger partial charge in [0.2, 0.25) is 5.91 Å². The molecule has 0 aliphatic carbocycles. The molecular weight excluding hydrogens is 240 g/mol. The number of hydrogen-bond donors (Lipinski definition) is 4. The molecule has 8 heteroatoms. The van der Waals surface area contributed by atoms with Crippen LogP contribution >= 0.6 is 0 Å². The fourth-order valence-corrected chi connectivity index (χ4v) is 1.65. The third kappa shape index (κ3) is 4.58. The summed E-state index contributed by atoms with van der Waals surface area (Å²) in [5.41, 5.74) is 4.95. The highest BCUT2D eigenvalue weighted by Gasteiger charge is 2.24. The van der Waals surface area contributed by atoms with Gasteiger partial charge in [-0.05, 0) is 6.42 Å². The Bertz CT molecular complexity index is 328. The quantitative estimate of drug-likeness (QED) is 0.469. The number of nitrogens with two attached hydrogens (primary N) is 1. The van der Waals surface area contributed by atoms with Crippen molar-refractivity contribution in [1.29, 1.82) is 0 Å². The molecule has 1 saturated heterocycles. The number of carbonyl (C=O) groups is 3. The summed E-state index contributed by atoms with van der Waals surface area (Å²) in [5, 5.41) is 14.4. The molecule has 0 bridgehead atoms. The van der Waals surface area contributed by atoms with E-state index in [1.807, 2.05) is 0 Å². The van der Waals surface area contributed by atoms with Crippen LogP contribution in [0, 0.1) is 0 Å². The second-order valence-corrected chi connectivity index (χ2v) is 4.08. The van der Waals surface area contributed by atoms with Crippen LogP contribution in [0.2, 0.25) is 0 Å². The summed E-state index contributed by atoms with van der Waals surface area (Å²) in [4.78, 5) is 34.8. The van der Waals surface area contributed by atoms with Gasteiger partial charge in [-0.15, -0.1) is 0 Å². The molecule has 0 aromatic heterocycles. The molecule has 1 heterocycles. The van der Waals surface area contributed by atoms with E-state index in [2.05, 4.69) is 10.6 Å². The van der Waals surface area contributed by atoms with Gasteiger partial charge in [-0.3, -0.25) is 4.79 Å². The molecule has 0 spiro atoms. The summed E-state index contributed by atoms with van der Waals surface area (Å²) < 4.78 is 0. The van der Waals surface area contributed by atoms with Gasteiger partial charge in [-0.2, -0.15) is 0 Å². The van der Waals surface area contributed by atoms with Crippen LogP contribution in [-0.2, 0) is 9.59 Å². The number of nitrogens with one attached hydrogen (secondary N) is 2. The molecule has 1 fully saturated rings. The van der Waals surface area contributed by atoms with Crippen molar-refractivity contribution in [1.82, 2.24) is 15.5 Å². The minimum atomic E-state index is -1.17. The Labute approximate surface area is 104 Å². The zero-order chi connectivity index (χ0) is 13.5. The predicted octanol–water partition coefficient (Wildman–Crippen LogP) is -1.68. The molecule has 1 unspecified atom stereocenters. The van der Waals surface area contributed by atoms with E-state index in [1.165, 1.54) is 4.90 Å². The summed E-state index contributed by atoms with van der Waals surface area (Å²) in [6.07, 6.45) is -0.0682. The Morgan fingerprint density at radius 1 is 1.33 bits per heavy atom. The number of primary amides is 1. The number of amides is 3. The molecule has 18 heavy (non-hydrogen) atoms. The van der Waals surface area contributed by atoms with Crippen LogP contribution in [0.15, 0.2) is 0 Å². The van der Waals surface area contributed by atoms with Crippen molar-refractivity contribution in [3.63, 3.8) is 0 Å². The first-order valence-electron chi connectivity index (χ1n) is 5.78. The second-order valence-electron chi connectivity index (χ2n) is 4.08. The zero-order valence-corrected chi connectivity index (χ0v) is 10.0. The van der Waals surface area contributed by atoms with Crippen LogP contribution in [0.25, 0.3) is 0 Å². The normalized spacial score (nSPS) is 17.0. The topological polar surface area (TPSA) is 125 Å². The first kappa shape index (κ1) is 14.2. The summed E-state index contributed by atoms with van der Waals surface area (Å²) in [7, 11) is 0. The van der Waals surface area contributed by atoms with Gasteiger partial charge >= 0.3 is 12.0 Å². The number of urea groups is 1. The maximum Gasteiger partial charge on any atom is 0.326 e. The Morgan fingerprint density at radius 2 is 1.94 bits per heavy atom. The van der Waals surface area contributed by atoms with Crippen molar-refractivity contribution in [3.8, 4) is 0 Å². The third-order valence-electron chi connectivity index (χ3n) is 2.68. The summed E-state index contributed by atoms with van der Waals surface area (Å²) in [5.74, 6) is -1.75. The molecule has 1 aliphatic heterocycles. The Hall–Kier alpha value is -1.83. The van der Waals surface area contributed by atoms with E-state index in [1.54, 1.807) is 0 Å². The summed E-state index contributed by atoms with van der Waals surface area (Å²) in [6.45, 7) is 2.45. The van der Waals surface area contributed by atoms with E-state index in [0.717, 1.165) is 0 Å². The molecule has 1 rings (SSSR count). The van der Waals surface area contributed by atoms with Crippen LogP contribution in [0.1, 0.15) is 12.8 Å². The Kier molecular flexibility index (Phi) is 5.37. The van der Waals surface area contributed by atoms with Crippen molar-refractivity contribution >= 4 is 17.9 Å². The van der Waals surface area contributed by atoms with E-state index < -0.39 is 23.9 Å². The number of nitrogens with zero attached hydrogens (tertiary/aromatic N) is 1. The lowest BCUT2D eigenvalue weighted by Gasteiger charge is -2.28. The van der Waals surface area contributed by atoms with Crippen molar-refractivity contribution in [2.45, 2.75) is 18.9 Å². The molecule has 0 aromatic rings. The molecule has 1 atom stereocenters. The number of aliphatic carboxylic acids is 1. The number of hydrogen-bond acceptors (Lipinski definition) is 4. The number of piperazine rings is 1. The highest BCUT2D eigenvalue weighted by molar-refractivity contribution is 5.83. The van der Waals surface area contributed by atoms with E-state index in [-0.39, 0.29) is 12.8 Å². The summed E-state index contributed by atoms with van der Waals surface area (Å²) in [6, 6.07) is -1.51. The van der Waals surface area contributed by atoms with Crippen LogP contribution < -0.4 is 16.4 Å². The fraction of sp³-hybridized carbons (Fsp3) is 0.700. The lowest BCUT2D eigenvalue weighted by Crippen LogP contribution is -2.53. The van der Waals surface area contributed by atoms with E-state index in [0.29, 0.717) is 26.2 Å². The van der Waals surface area contributed by atoms with Crippen molar-refractivity contribution in [2.75, 3.05) is 26.2 Å². The average Bonchev–Trinajstić information content (AvgIpc) is 2.34. The number of carbonyl (C=O) groups excluding carboxylic acids is 2. The highest BCUT2D eigenvalue weighted by atomic mass is 16.4. The van der Waals surface area contributed by atoms with Crippen LogP contribution in [-0.4, -0.2) is 60.1 Å². The molecule has 0 radical (unpaired) electrons. The fourth-order valence-electron chi connectivity index (χ4n) is 1.65. The Morgan fingerprint density at radius 3 is 2.44 bits per heavy atom. The first-order valence-corrected chi connectivity index (χ1v) is 5.78. The van der Waals surface area contributed by atoms with Gasteiger partial charge in [0.15, 0.2) is 0 Å². The average molecular weight is 258 g/mol. The third-order valence-corrected chi connectivity index (χ3v) is 2.68. The molecule has 102 valence electrons. The lowest BCUT2D eigenvalue weighted by atomic mass is 10.1. The van der Waals surface area contributed by atoms with Crippen molar-refractivity contribution in [3.05, 3.63) is 0 Å². The molecule has 3 amide bonds. The monoisotopic (exact) mass is 258 g/mol. The molecule has 1 aliphatic rings. The van der Waals surface area contributed by atoms with Gasteiger partial charge in [-0.25, -0.2) is 9.59 Å². The summed E-state index contributed by atoms with van der Waals surface area (Å²) >= 11 is 0. The molecular formula is C10H18N4O4. The first-order chi connectivity index (χ1) is 8.50. The maximum absolute atomic E-state index is 11.8. The van der Waals surface area contributed by atoms with Gasteiger partial charge in [0.25, 0.3) is 0 Å². The maximum atomic E-state index is 11.8. The molecule has 0 saturated carbocycles. The Balaban J connectivity index is 2.46. The van der Waals surface area contributed by atoms with E-state index in [4.69, 9.17) is 10.8 Å². The van der Waals surface area contributed by atoms with Crippen molar-refractivity contribution < 1.29 is 19.5 Å². The second kappa shape index (κ2) is 6.80. The van der Waals surface area contributed by atoms with Gasteiger partial charge in [0.1, 0.15) is 6.04 Å². The van der Waals surface area contributed by atoms with Crippen molar-refractivity contribution in [2.24, 2.45) is 5.73 Å². The molecule has 8 nitrogen and oxygen atoms in total. The predicted molar refractivity (Wildman–Crippen MR) is 62.8 cm³/mol. The van der Waals surface area contributed by atoms with Gasteiger partial charge in [0, 0.05) is 32.6 Å². The highest BCUT2D eigenvalue weighted by Crippen LogP contribution is 2.00. The smallest absolute Gasteiger partial charge is 0.326 e. The van der Waals surface area contributed by atoms with Crippen LogP contribution in [0.4, 0.5) is 4.79 Å². The van der Waals surface area contributed by atoms with Gasteiger partial charge in [-0.1, -0.05) is 0 Å². The van der Waals surface area contributed by atoms with E-state index in [9.17, 15) is 14.4 Å².